The number of halogens is 1. The van der Waals surface area contributed by atoms with Crippen LogP contribution in [0.25, 0.3) is 0 Å². The highest BCUT2D eigenvalue weighted by Gasteiger charge is 2.17. The van der Waals surface area contributed by atoms with Gasteiger partial charge < -0.3 is 15.8 Å². The number of nitrogens with two attached hydrogens (primary N) is 1. The molecule has 1 aromatic carbocycles. The molecule has 0 saturated carbocycles. The first-order chi connectivity index (χ1) is 8.15. The monoisotopic (exact) mass is 238 g/mol. The second kappa shape index (κ2) is 5.14. The highest BCUT2D eigenvalue weighted by Crippen LogP contribution is 2.12. The molecule has 1 aliphatic heterocycles. The van der Waals surface area contributed by atoms with E-state index >= 15 is 0 Å². The minimum absolute atomic E-state index is 0.0979. The van der Waals surface area contributed by atoms with E-state index in [9.17, 15) is 9.18 Å². The molecule has 0 spiro atoms. The normalized spacial score (nSPS) is 16.8. The van der Waals surface area contributed by atoms with Crippen LogP contribution in [0.2, 0.25) is 0 Å². The summed E-state index contributed by atoms with van der Waals surface area (Å²) in [5, 5.41) is 2.85. The minimum atomic E-state index is -0.498. The lowest BCUT2D eigenvalue weighted by Gasteiger charge is -2.23. The fourth-order valence-corrected chi connectivity index (χ4v) is 1.85. The zero-order valence-corrected chi connectivity index (χ0v) is 9.41. The Hall–Kier alpha value is -1.62. The van der Waals surface area contributed by atoms with Crippen LogP contribution in [-0.4, -0.2) is 25.2 Å². The number of ether oxygens (including phenoxy) is 1. The van der Waals surface area contributed by atoms with E-state index in [1.54, 1.807) is 0 Å². The number of anilines is 1. The summed E-state index contributed by atoms with van der Waals surface area (Å²) >= 11 is 0. The molecule has 0 atom stereocenters. The van der Waals surface area contributed by atoms with Crippen molar-refractivity contribution >= 4 is 11.6 Å². The van der Waals surface area contributed by atoms with Gasteiger partial charge in [0.2, 0.25) is 0 Å². The summed E-state index contributed by atoms with van der Waals surface area (Å²) in [4.78, 5) is 11.8. The van der Waals surface area contributed by atoms with Crippen molar-refractivity contribution in [1.82, 2.24) is 5.32 Å². The van der Waals surface area contributed by atoms with Crippen LogP contribution in [0.4, 0.5) is 10.1 Å². The molecule has 0 bridgehead atoms. The molecule has 2 rings (SSSR count). The average Bonchev–Trinajstić information content (AvgIpc) is 2.29. The van der Waals surface area contributed by atoms with Gasteiger partial charge in [0, 0.05) is 30.5 Å². The number of carbonyl (C=O) groups excluding carboxylic acids is 1. The number of amides is 1. The Labute approximate surface area is 98.9 Å². The van der Waals surface area contributed by atoms with Crippen molar-refractivity contribution in [2.24, 2.45) is 0 Å². The van der Waals surface area contributed by atoms with Crippen molar-refractivity contribution < 1.29 is 13.9 Å². The molecule has 1 heterocycles. The fraction of sp³-hybridized carbons (Fsp3) is 0.417. The molecular weight excluding hydrogens is 223 g/mol. The number of hydrogen-bond acceptors (Lipinski definition) is 3. The van der Waals surface area contributed by atoms with Gasteiger partial charge in [0.1, 0.15) is 5.82 Å². The quantitative estimate of drug-likeness (QED) is 0.764. The molecular formula is C12H15FN2O2. The molecule has 3 N–H and O–H groups in total. The number of hydrogen-bond donors (Lipinski definition) is 2. The van der Waals surface area contributed by atoms with Crippen molar-refractivity contribution in [2.45, 2.75) is 18.9 Å². The Balaban J connectivity index is 2.03. The standard InChI is InChI=1S/C12H15FN2O2/c13-9-5-8(6-10(14)7-9)12(16)15-11-1-3-17-4-2-11/h5-7,11H,1-4,14H2,(H,15,16). The Kier molecular flexibility index (Phi) is 3.58. The first kappa shape index (κ1) is 11.9. The summed E-state index contributed by atoms with van der Waals surface area (Å²) in [6.07, 6.45) is 1.58. The Morgan fingerprint density at radius 1 is 1.35 bits per heavy atom. The predicted octanol–water partition coefficient (Wildman–Crippen LogP) is 1.32. The van der Waals surface area contributed by atoms with Gasteiger partial charge in [0.25, 0.3) is 5.91 Å². The van der Waals surface area contributed by atoms with E-state index in [4.69, 9.17) is 10.5 Å². The summed E-state index contributed by atoms with van der Waals surface area (Å²) in [6, 6.07) is 3.94. The zero-order chi connectivity index (χ0) is 12.3. The topological polar surface area (TPSA) is 64.4 Å². The van der Waals surface area contributed by atoms with Crippen molar-refractivity contribution in [2.75, 3.05) is 18.9 Å². The maximum absolute atomic E-state index is 13.1. The lowest BCUT2D eigenvalue weighted by atomic mass is 10.1. The largest absolute Gasteiger partial charge is 0.399 e. The molecule has 1 aromatic rings. The van der Waals surface area contributed by atoms with Crippen molar-refractivity contribution in [3.8, 4) is 0 Å². The lowest BCUT2D eigenvalue weighted by molar-refractivity contribution is 0.0696. The van der Waals surface area contributed by atoms with Crippen LogP contribution in [-0.2, 0) is 4.74 Å². The van der Waals surface area contributed by atoms with E-state index in [0.29, 0.717) is 13.2 Å². The summed E-state index contributed by atoms with van der Waals surface area (Å²) in [5.41, 5.74) is 6.00. The third-order valence-corrected chi connectivity index (χ3v) is 2.74. The van der Waals surface area contributed by atoms with Gasteiger partial charge in [-0.05, 0) is 31.0 Å². The number of rotatable bonds is 2. The van der Waals surface area contributed by atoms with E-state index in [1.807, 2.05) is 0 Å². The van der Waals surface area contributed by atoms with Gasteiger partial charge in [0.05, 0.1) is 0 Å². The molecule has 1 fully saturated rings. The Morgan fingerprint density at radius 2 is 2.06 bits per heavy atom. The third-order valence-electron chi connectivity index (χ3n) is 2.74. The van der Waals surface area contributed by atoms with Gasteiger partial charge in [0.15, 0.2) is 0 Å². The van der Waals surface area contributed by atoms with E-state index < -0.39 is 5.82 Å². The second-order valence-corrected chi connectivity index (χ2v) is 4.13. The van der Waals surface area contributed by atoms with Crippen LogP contribution >= 0.6 is 0 Å². The molecule has 0 unspecified atom stereocenters. The first-order valence-corrected chi connectivity index (χ1v) is 5.60. The molecule has 17 heavy (non-hydrogen) atoms. The van der Waals surface area contributed by atoms with Crippen molar-refractivity contribution in [1.29, 1.82) is 0 Å². The van der Waals surface area contributed by atoms with E-state index in [0.717, 1.165) is 12.8 Å². The van der Waals surface area contributed by atoms with E-state index in [1.165, 1.54) is 18.2 Å². The Bertz CT molecular complexity index is 397. The Morgan fingerprint density at radius 3 is 2.71 bits per heavy atom. The van der Waals surface area contributed by atoms with Crippen LogP contribution in [0.15, 0.2) is 18.2 Å². The van der Waals surface area contributed by atoms with Crippen molar-refractivity contribution in [3.05, 3.63) is 29.6 Å². The SMILES string of the molecule is Nc1cc(F)cc(C(=O)NC2CCOCC2)c1. The van der Waals surface area contributed by atoms with Gasteiger partial charge in [-0.15, -0.1) is 0 Å². The molecule has 4 nitrogen and oxygen atoms in total. The molecule has 0 aliphatic carbocycles. The van der Waals surface area contributed by atoms with Crippen LogP contribution in [0.3, 0.4) is 0 Å². The van der Waals surface area contributed by atoms with Crippen LogP contribution < -0.4 is 11.1 Å². The summed E-state index contributed by atoms with van der Waals surface area (Å²) in [6.45, 7) is 1.30. The van der Waals surface area contributed by atoms with Gasteiger partial charge in [-0.1, -0.05) is 0 Å². The summed E-state index contributed by atoms with van der Waals surface area (Å²) < 4.78 is 18.3. The average molecular weight is 238 g/mol. The molecule has 0 radical (unpaired) electrons. The van der Waals surface area contributed by atoms with E-state index in [-0.39, 0.29) is 23.2 Å². The number of carbonyl (C=O) groups is 1. The number of nitrogens with one attached hydrogen (secondary N) is 1. The third kappa shape index (κ3) is 3.17. The maximum atomic E-state index is 13.1. The molecule has 92 valence electrons. The second-order valence-electron chi connectivity index (χ2n) is 4.13. The van der Waals surface area contributed by atoms with E-state index in [2.05, 4.69) is 5.32 Å². The minimum Gasteiger partial charge on any atom is -0.399 e. The highest BCUT2D eigenvalue weighted by atomic mass is 19.1. The zero-order valence-electron chi connectivity index (χ0n) is 9.41. The highest BCUT2D eigenvalue weighted by molar-refractivity contribution is 5.95. The molecule has 5 heteroatoms. The van der Waals surface area contributed by atoms with Crippen LogP contribution in [0.5, 0.6) is 0 Å². The molecule has 0 aromatic heterocycles. The number of benzene rings is 1. The van der Waals surface area contributed by atoms with Crippen LogP contribution in [0.1, 0.15) is 23.2 Å². The van der Waals surface area contributed by atoms with Gasteiger partial charge >= 0.3 is 0 Å². The fourth-order valence-electron chi connectivity index (χ4n) is 1.85. The molecule has 1 aliphatic rings. The van der Waals surface area contributed by atoms with Crippen molar-refractivity contribution in [3.63, 3.8) is 0 Å². The van der Waals surface area contributed by atoms with Gasteiger partial charge in [-0.2, -0.15) is 0 Å². The van der Waals surface area contributed by atoms with Crippen LogP contribution in [0, 0.1) is 5.82 Å². The maximum Gasteiger partial charge on any atom is 0.251 e. The number of nitrogen functional groups attached to an aromatic ring is 1. The smallest absolute Gasteiger partial charge is 0.251 e. The predicted molar refractivity (Wildman–Crippen MR) is 62.1 cm³/mol. The lowest BCUT2D eigenvalue weighted by Crippen LogP contribution is -2.38. The molecule has 1 saturated heterocycles. The van der Waals surface area contributed by atoms with Gasteiger partial charge in [-0.25, -0.2) is 4.39 Å². The summed E-state index contributed by atoms with van der Waals surface area (Å²) in [5.74, 6) is -0.787. The van der Waals surface area contributed by atoms with Gasteiger partial charge in [-0.3, -0.25) is 4.79 Å². The first-order valence-electron chi connectivity index (χ1n) is 5.60. The summed E-state index contributed by atoms with van der Waals surface area (Å²) in [7, 11) is 0. The molecule has 1 amide bonds.